The second kappa shape index (κ2) is 13.1. The zero-order valence-corrected chi connectivity index (χ0v) is 39.1. The highest BCUT2D eigenvalue weighted by molar-refractivity contribution is 9.11. The van der Waals surface area contributed by atoms with E-state index in [1.807, 2.05) is 45.3 Å². The summed E-state index contributed by atoms with van der Waals surface area (Å²) in [6.07, 6.45) is 0. The number of thiophene rings is 4. The minimum absolute atomic E-state index is 1.24. The van der Waals surface area contributed by atoms with Crippen molar-refractivity contribution in [1.82, 2.24) is 0 Å². The standard InChI is InChI=1S/2C14H20Br2S2Si2/c2*1-19(2,3)11-7-9(15)13(17-11)14-10(16)8-12(18-14)20(4,5)6/h2*7-8H,1-6H3. The molecular formula is C28H40Br4S4Si4. The van der Waals surface area contributed by atoms with Gasteiger partial charge in [0.1, 0.15) is 0 Å². The number of hydrogen-bond acceptors (Lipinski definition) is 4. The second-order valence-corrected chi connectivity index (χ2v) is 43.4. The Morgan fingerprint density at radius 3 is 0.600 bits per heavy atom. The lowest BCUT2D eigenvalue weighted by atomic mass is 10.4. The van der Waals surface area contributed by atoms with E-state index in [1.54, 1.807) is 18.0 Å². The SMILES string of the molecule is C[Si](C)(C)c1cc(Br)c(-c2sc([Si](C)(C)C)cc2Br)s1.C[Si](C)(C)c1cc(Br)c(-c2sc([Si](C)(C)C)cc2Br)s1. The summed E-state index contributed by atoms with van der Waals surface area (Å²) in [5, 5.41) is 0. The lowest BCUT2D eigenvalue weighted by molar-refractivity contribution is 1.76. The Labute approximate surface area is 296 Å². The molecule has 0 fully saturated rings. The third kappa shape index (κ3) is 8.86. The molecular weight excluding hydrogens is 897 g/mol. The maximum Gasteiger partial charge on any atom is 0.0904 e. The quantitative estimate of drug-likeness (QED) is 0.169. The van der Waals surface area contributed by atoms with Crippen LogP contribution in [0.1, 0.15) is 0 Å². The zero-order valence-electron chi connectivity index (χ0n) is 25.5. The van der Waals surface area contributed by atoms with Gasteiger partial charge in [0.2, 0.25) is 0 Å². The summed E-state index contributed by atoms with van der Waals surface area (Å²) in [7, 11) is -4.95. The van der Waals surface area contributed by atoms with Crippen molar-refractivity contribution < 1.29 is 0 Å². The van der Waals surface area contributed by atoms with Gasteiger partial charge in [-0.2, -0.15) is 0 Å². The lowest BCUT2D eigenvalue weighted by Gasteiger charge is -2.12. The molecule has 0 atom stereocenters. The molecule has 0 aromatic carbocycles. The Hall–Kier alpha value is 1.59. The first-order valence-corrected chi connectivity index (χ1v) is 33.6. The predicted octanol–water partition coefficient (Wildman–Crippen LogP) is 12.2. The van der Waals surface area contributed by atoms with Crippen LogP contribution in [0.4, 0.5) is 0 Å². The van der Waals surface area contributed by atoms with Crippen molar-refractivity contribution in [1.29, 1.82) is 0 Å². The van der Waals surface area contributed by atoms with Gasteiger partial charge in [-0.3, -0.25) is 0 Å². The van der Waals surface area contributed by atoms with E-state index in [2.05, 4.69) is 167 Å². The highest BCUT2D eigenvalue weighted by Gasteiger charge is 2.27. The van der Waals surface area contributed by atoms with E-state index in [1.165, 1.54) is 37.4 Å². The molecule has 4 heterocycles. The fraction of sp³-hybridized carbons (Fsp3) is 0.429. The summed E-state index contributed by atoms with van der Waals surface area (Å²) < 4.78 is 11.3. The average Bonchev–Trinajstić information content (AvgIpc) is 3.52. The highest BCUT2D eigenvalue weighted by atomic mass is 79.9. The van der Waals surface area contributed by atoms with E-state index in [9.17, 15) is 0 Å². The molecule has 0 nitrogen and oxygen atoms in total. The predicted molar refractivity (Wildman–Crippen MR) is 218 cm³/mol. The van der Waals surface area contributed by atoms with Gasteiger partial charge >= 0.3 is 0 Å². The third-order valence-corrected chi connectivity index (χ3v) is 28.9. The first-order chi connectivity index (χ1) is 18.0. The highest BCUT2D eigenvalue weighted by Crippen LogP contribution is 2.42. The van der Waals surface area contributed by atoms with Crippen LogP contribution in [0.2, 0.25) is 78.6 Å². The fourth-order valence-corrected chi connectivity index (χ4v) is 20.2. The van der Waals surface area contributed by atoms with Crippen molar-refractivity contribution in [3.63, 3.8) is 0 Å². The lowest BCUT2D eigenvalue weighted by Crippen LogP contribution is -2.34. The molecule has 0 aliphatic heterocycles. The largest absolute Gasteiger partial charge is 0.143 e. The monoisotopic (exact) mass is 932 g/mol. The normalized spacial score (nSPS) is 13.0. The zero-order chi connectivity index (χ0) is 30.6. The molecule has 0 saturated carbocycles. The third-order valence-electron chi connectivity index (χ3n) is 6.12. The van der Waals surface area contributed by atoms with E-state index in [4.69, 9.17) is 0 Å². The van der Waals surface area contributed by atoms with Gasteiger partial charge in [0.25, 0.3) is 0 Å². The smallest absolute Gasteiger partial charge is 0.0904 e. The van der Waals surface area contributed by atoms with Crippen molar-refractivity contribution >= 4 is 159 Å². The first kappa shape index (κ1) is 36.1. The van der Waals surface area contributed by atoms with Crippen LogP contribution in [0.3, 0.4) is 0 Å². The Morgan fingerprint density at radius 2 is 0.500 bits per heavy atom. The van der Waals surface area contributed by atoms with Crippen LogP contribution in [0.25, 0.3) is 19.5 Å². The summed E-state index contributed by atoms with van der Waals surface area (Å²) >= 11 is 23.0. The average molecular weight is 937 g/mol. The molecule has 220 valence electrons. The van der Waals surface area contributed by atoms with Crippen molar-refractivity contribution in [3.8, 4) is 19.5 Å². The van der Waals surface area contributed by atoms with Crippen LogP contribution < -0.4 is 18.0 Å². The van der Waals surface area contributed by atoms with E-state index >= 15 is 0 Å². The number of halogens is 4. The van der Waals surface area contributed by atoms with Crippen molar-refractivity contribution in [2.75, 3.05) is 0 Å². The van der Waals surface area contributed by atoms with Crippen molar-refractivity contribution in [2.24, 2.45) is 0 Å². The molecule has 0 spiro atoms. The van der Waals surface area contributed by atoms with Gasteiger partial charge in [-0.15, -0.1) is 45.3 Å². The molecule has 0 unspecified atom stereocenters. The van der Waals surface area contributed by atoms with Crippen LogP contribution in [-0.4, -0.2) is 32.3 Å². The Bertz CT molecular complexity index is 1260. The summed E-state index contributed by atoms with van der Waals surface area (Å²) in [6, 6.07) is 9.36. The van der Waals surface area contributed by atoms with E-state index in [0.29, 0.717) is 0 Å². The molecule has 4 rings (SSSR count). The topological polar surface area (TPSA) is 0 Å². The Kier molecular flexibility index (Phi) is 11.8. The molecule has 4 aromatic rings. The van der Waals surface area contributed by atoms with Crippen LogP contribution >= 0.6 is 109 Å². The van der Waals surface area contributed by atoms with Gasteiger partial charge in [0.05, 0.1) is 51.8 Å². The molecule has 4 aromatic heterocycles. The maximum absolute atomic E-state index is 3.77. The molecule has 0 bridgehead atoms. The fourth-order valence-electron chi connectivity index (χ4n) is 3.57. The molecule has 12 heteroatoms. The van der Waals surface area contributed by atoms with E-state index in [-0.39, 0.29) is 0 Å². The molecule has 0 amide bonds. The minimum Gasteiger partial charge on any atom is -0.143 e. The molecule has 0 aliphatic carbocycles. The van der Waals surface area contributed by atoms with Gasteiger partial charge in [-0.25, -0.2) is 0 Å². The molecule has 0 aliphatic rings. The molecule has 0 radical (unpaired) electrons. The van der Waals surface area contributed by atoms with E-state index in [0.717, 1.165) is 0 Å². The van der Waals surface area contributed by atoms with Crippen LogP contribution in [-0.2, 0) is 0 Å². The summed E-state index contributed by atoms with van der Waals surface area (Å²) in [5.74, 6) is 0. The van der Waals surface area contributed by atoms with Crippen LogP contribution in [0.15, 0.2) is 42.2 Å². The summed E-state index contributed by atoms with van der Waals surface area (Å²) in [5.41, 5.74) is 0. The summed E-state index contributed by atoms with van der Waals surface area (Å²) in [6.45, 7) is 28.9. The van der Waals surface area contributed by atoms with Gasteiger partial charge < -0.3 is 0 Å². The molecule has 40 heavy (non-hydrogen) atoms. The first-order valence-electron chi connectivity index (χ1n) is 13.2. The van der Waals surface area contributed by atoms with Gasteiger partial charge in [-0.1, -0.05) is 78.6 Å². The van der Waals surface area contributed by atoms with E-state index < -0.39 is 32.3 Å². The molecule has 0 saturated heterocycles. The Balaban J connectivity index is 0.000000220. The number of rotatable bonds is 6. The van der Waals surface area contributed by atoms with Gasteiger partial charge in [-0.05, 0) is 106 Å². The van der Waals surface area contributed by atoms with Gasteiger partial charge in [0.15, 0.2) is 0 Å². The molecule has 0 N–H and O–H groups in total. The van der Waals surface area contributed by atoms with Crippen LogP contribution in [0, 0.1) is 0 Å². The van der Waals surface area contributed by atoms with Crippen molar-refractivity contribution in [2.45, 2.75) is 78.6 Å². The van der Waals surface area contributed by atoms with Crippen molar-refractivity contribution in [3.05, 3.63) is 42.2 Å². The minimum atomic E-state index is -1.24. The van der Waals surface area contributed by atoms with Crippen LogP contribution in [0.5, 0.6) is 0 Å². The van der Waals surface area contributed by atoms with Gasteiger partial charge in [0, 0.05) is 17.9 Å². The Morgan fingerprint density at radius 1 is 0.350 bits per heavy atom. The summed E-state index contributed by atoms with van der Waals surface area (Å²) in [4.78, 5) is 5.57. The maximum atomic E-state index is 3.77. The second-order valence-electron chi connectivity index (χ2n) is 14.2. The number of hydrogen-bond donors (Lipinski definition) is 0.